The van der Waals surface area contributed by atoms with Crippen LogP contribution in [-0.4, -0.2) is 24.4 Å². The molecule has 1 aliphatic carbocycles. The van der Waals surface area contributed by atoms with Crippen molar-refractivity contribution >= 4 is 17.5 Å². The molecule has 1 fully saturated rings. The van der Waals surface area contributed by atoms with Gasteiger partial charge in [0.25, 0.3) is 0 Å². The molecule has 0 bridgehead atoms. The number of carbonyl (C=O) groups is 2. The zero-order valence-electron chi connectivity index (χ0n) is 15.5. The molecule has 0 aromatic heterocycles. The van der Waals surface area contributed by atoms with Gasteiger partial charge in [-0.25, -0.2) is 0 Å². The first-order valence-electron chi connectivity index (χ1n) is 9.71. The van der Waals surface area contributed by atoms with Crippen LogP contribution in [0.5, 0.6) is 0 Å². The molecular formula is C21H30N2O2. The molecule has 4 nitrogen and oxygen atoms in total. The van der Waals surface area contributed by atoms with Gasteiger partial charge in [-0.1, -0.05) is 43.9 Å². The molecule has 1 aromatic rings. The minimum Gasteiger partial charge on any atom is -0.352 e. The fraction of sp³-hybridized carbons (Fsp3) is 0.619. The third kappa shape index (κ3) is 3.88. The average molecular weight is 342 g/mol. The van der Waals surface area contributed by atoms with E-state index < -0.39 is 5.41 Å². The van der Waals surface area contributed by atoms with Gasteiger partial charge in [-0.2, -0.15) is 0 Å². The predicted molar refractivity (Wildman–Crippen MR) is 101 cm³/mol. The summed E-state index contributed by atoms with van der Waals surface area (Å²) in [4.78, 5) is 27.9. The van der Waals surface area contributed by atoms with E-state index in [9.17, 15) is 9.59 Å². The molecule has 0 unspecified atom stereocenters. The molecular weight excluding hydrogens is 312 g/mol. The second-order valence-corrected chi connectivity index (χ2v) is 7.98. The van der Waals surface area contributed by atoms with Crippen LogP contribution in [0.4, 0.5) is 5.69 Å². The lowest BCUT2D eigenvalue weighted by molar-refractivity contribution is -0.140. The van der Waals surface area contributed by atoms with Crippen LogP contribution in [0.25, 0.3) is 0 Å². The van der Waals surface area contributed by atoms with E-state index in [1.807, 2.05) is 23.1 Å². The molecule has 1 heterocycles. The second-order valence-electron chi connectivity index (χ2n) is 7.98. The minimum atomic E-state index is -1.04. The van der Waals surface area contributed by atoms with Crippen LogP contribution in [0.3, 0.4) is 0 Å². The Balaban J connectivity index is 1.73. The van der Waals surface area contributed by atoms with Gasteiger partial charge in [-0.05, 0) is 51.2 Å². The topological polar surface area (TPSA) is 49.4 Å². The third-order valence-corrected chi connectivity index (χ3v) is 5.65. The van der Waals surface area contributed by atoms with E-state index in [2.05, 4.69) is 11.4 Å². The Morgan fingerprint density at radius 2 is 1.72 bits per heavy atom. The minimum absolute atomic E-state index is 0.0919. The number of carbonyl (C=O) groups excluding carboxylic acids is 2. The van der Waals surface area contributed by atoms with Gasteiger partial charge in [0.2, 0.25) is 11.8 Å². The molecule has 0 atom stereocenters. The normalized spacial score (nSPS) is 19.0. The quantitative estimate of drug-likeness (QED) is 0.670. The van der Waals surface area contributed by atoms with E-state index >= 15 is 0 Å². The lowest BCUT2D eigenvalue weighted by Gasteiger charge is -2.35. The number of para-hydroxylation sites is 1. The Bertz CT molecular complexity index is 631. The summed E-state index contributed by atoms with van der Waals surface area (Å²) in [5.41, 5.74) is 1.12. The lowest BCUT2D eigenvalue weighted by atomic mass is 9.88. The number of amides is 2. The summed E-state index contributed by atoms with van der Waals surface area (Å²) in [6.07, 6.45) is 8.83. The Morgan fingerprint density at radius 3 is 2.44 bits per heavy atom. The van der Waals surface area contributed by atoms with Gasteiger partial charge in [0.05, 0.1) is 0 Å². The average Bonchev–Trinajstić information content (AvgIpc) is 2.89. The standard InChI is InChI=1S/C21H30N2O2/c1-21(2,19(24)22-17-12-5-3-4-6-13-17)20(25)23-15-9-11-16-10-7-8-14-18(16)23/h7-8,10,14,17H,3-6,9,11-13,15H2,1-2H3,(H,22,24). The van der Waals surface area contributed by atoms with E-state index in [0.717, 1.165) is 31.4 Å². The van der Waals surface area contributed by atoms with Gasteiger partial charge in [0, 0.05) is 18.3 Å². The molecule has 0 saturated heterocycles. The number of rotatable bonds is 3. The molecule has 3 rings (SSSR count). The molecule has 2 amide bonds. The SMILES string of the molecule is CC(C)(C(=O)NC1CCCCCC1)C(=O)N1CCCc2ccccc21. The van der Waals surface area contributed by atoms with Crippen LogP contribution >= 0.6 is 0 Å². The van der Waals surface area contributed by atoms with Gasteiger partial charge in [-0.15, -0.1) is 0 Å². The highest BCUT2D eigenvalue weighted by Gasteiger charge is 2.41. The maximum absolute atomic E-state index is 13.2. The Morgan fingerprint density at radius 1 is 1.04 bits per heavy atom. The molecule has 1 aromatic carbocycles. The second kappa shape index (κ2) is 7.59. The van der Waals surface area contributed by atoms with Gasteiger partial charge >= 0.3 is 0 Å². The highest BCUT2D eigenvalue weighted by molar-refractivity contribution is 6.11. The maximum Gasteiger partial charge on any atom is 0.242 e. The molecule has 0 radical (unpaired) electrons. The summed E-state index contributed by atoms with van der Waals surface area (Å²) in [5, 5.41) is 3.16. The van der Waals surface area contributed by atoms with E-state index in [1.165, 1.54) is 31.2 Å². The Hall–Kier alpha value is -1.84. The van der Waals surface area contributed by atoms with Crippen molar-refractivity contribution < 1.29 is 9.59 Å². The summed E-state index contributed by atoms with van der Waals surface area (Å²) in [7, 11) is 0. The number of hydrogen-bond donors (Lipinski definition) is 1. The molecule has 0 spiro atoms. The van der Waals surface area contributed by atoms with Crippen molar-refractivity contribution in [2.75, 3.05) is 11.4 Å². The molecule has 136 valence electrons. The van der Waals surface area contributed by atoms with Gasteiger partial charge in [0.15, 0.2) is 0 Å². The first-order valence-corrected chi connectivity index (χ1v) is 9.71. The van der Waals surface area contributed by atoms with Crippen LogP contribution in [0, 0.1) is 5.41 Å². The largest absolute Gasteiger partial charge is 0.352 e. The zero-order chi connectivity index (χ0) is 17.9. The Labute approximate surface area is 151 Å². The number of fused-ring (bicyclic) bond motifs is 1. The monoisotopic (exact) mass is 342 g/mol. The number of anilines is 1. The van der Waals surface area contributed by atoms with Crippen molar-refractivity contribution in [3.8, 4) is 0 Å². The molecule has 1 N–H and O–H groups in total. The van der Waals surface area contributed by atoms with E-state index in [-0.39, 0.29) is 17.9 Å². The molecule has 1 saturated carbocycles. The summed E-state index contributed by atoms with van der Waals surface area (Å²) in [5.74, 6) is -0.224. The molecule has 1 aliphatic heterocycles. The smallest absolute Gasteiger partial charge is 0.242 e. The van der Waals surface area contributed by atoms with E-state index in [1.54, 1.807) is 13.8 Å². The van der Waals surface area contributed by atoms with Gasteiger partial charge in [-0.3, -0.25) is 9.59 Å². The highest BCUT2D eigenvalue weighted by Crippen LogP contribution is 2.31. The van der Waals surface area contributed by atoms with Gasteiger partial charge in [0.1, 0.15) is 5.41 Å². The number of benzene rings is 1. The van der Waals surface area contributed by atoms with Crippen LogP contribution in [0.15, 0.2) is 24.3 Å². The van der Waals surface area contributed by atoms with Crippen LogP contribution in [0.2, 0.25) is 0 Å². The van der Waals surface area contributed by atoms with Crippen molar-refractivity contribution in [3.05, 3.63) is 29.8 Å². The first kappa shape index (κ1) is 18.0. The Kier molecular flexibility index (Phi) is 5.45. The third-order valence-electron chi connectivity index (χ3n) is 5.65. The van der Waals surface area contributed by atoms with Crippen molar-refractivity contribution in [1.29, 1.82) is 0 Å². The van der Waals surface area contributed by atoms with Crippen molar-refractivity contribution in [2.24, 2.45) is 5.41 Å². The van der Waals surface area contributed by atoms with Crippen molar-refractivity contribution in [1.82, 2.24) is 5.32 Å². The fourth-order valence-electron chi connectivity index (χ4n) is 3.97. The van der Waals surface area contributed by atoms with E-state index in [0.29, 0.717) is 6.54 Å². The summed E-state index contributed by atoms with van der Waals surface area (Å²) < 4.78 is 0. The van der Waals surface area contributed by atoms with E-state index in [4.69, 9.17) is 0 Å². The lowest BCUT2D eigenvalue weighted by Crippen LogP contribution is -2.52. The molecule has 2 aliphatic rings. The van der Waals surface area contributed by atoms with Crippen LogP contribution in [0.1, 0.15) is 64.4 Å². The number of nitrogens with zero attached hydrogens (tertiary/aromatic N) is 1. The predicted octanol–water partition coefficient (Wildman–Crippen LogP) is 3.83. The summed E-state index contributed by atoms with van der Waals surface area (Å²) in [6.45, 7) is 4.22. The van der Waals surface area contributed by atoms with Gasteiger partial charge < -0.3 is 10.2 Å². The zero-order valence-corrected chi connectivity index (χ0v) is 15.5. The summed E-state index contributed by atoms with van der Waals surface area (Å²) >= 11 is 0. The number of nitrogens with one attached hydrogen (secondary N) is 1. The van der Waals surface area contributed by atoms with Crippen molar-refractivity contribution in [2.45, 2.75) is 71.3 Å². The molecule has 4 heteroatoms. The van der Waals surface area contributed by atoms with Crippen LogP contribution in [-0.2, 0) is 16.0 Å². The highest BCUT2D eigenvalue weighted by atomic mass is 16.2. The first-order chi connectivity index (χ1) is 12.0. The summed E-state index contributed by atoms with van der Waals surface area (Å²) in [6, 6.07) is 8.26. The number of aryl methyl sites for hydroxylation is 1. The van der Waals surface area contributed by atoms with Crippen molar-refractivity contribution in [3.63, 3.8) is 0 Å². The fourth-order valence-corrected chi connectivity index (χ4v) is 3.97. The molecule has 25 heavy (non-hydrogen) atoms. The van der Waals surface area contributed by atoms with Crippen LogP contribution < -0.4 is 10.2 Å². The maximum atomic E-state index is 13.2. The number of hydrogen-bond acceptors (Lipinski definition) is 2.